The third-order valence-electron chi connectivity index (χ3n) is 6.31. The zero-order valence-corrected chi connectivity index (χ0v) is 21.0. The van der Waals surface area contributed by atoms with Crippen LogP contribution in [0, 0.1) is 11.7 Å². The minimum absolute atomic E-state index is 0.0139. The minimum Gasteiger partial charge on any atom is -0.486 e. The molecule has 0 aromatic heterocycles. The first-order chi connectivity index (χ1) is 17.8. The van der Waals surface area contributed by atoms with Gasteiger partial charge in [0.25, 0.3) is 10.0 Å². The first-order valence-electron chi connectivity index (χ1n) is 11.6. The van der Waals surface area contributed by atoms with Crippen LogP contribution in [-0.2, 0) is 16.2 Å². The number of hydrogen-bond acceptors (Lipinski definition) is 4. The molecule has 0 saturated carbocycles. The maximum absolute atomic E-state index is 14.2. The van der Waals surface area contributed by atoms with Crippen molar-refractivity contribution in [2.24, 2.45) is 5.92 Å². The summed E-state index contributed by atoms with van der Waals surface area (Å²) in [5, 5.41) is 0. The van der Waals surface area contributed by atoms with Gasteiger partial charge in [-0.15, -0.1) is 0 Å². The molecule has 0 saturated heterocycles. The molecular formula is C26H23F6NO4S. The van der Waals surface area contributed by atoms with Gasteiger partial charge in [-0.25, -0.2) is 12.8 Å². The highest BCUT2D eigenvalue weighted by atomic mass is 32.2. The monoisotopic (exact) mass is 559 g/mol. The number of ether oxygens (including phenoxy) is 2. The fourth-order valence-corrected chi connectivity index (χ4v) is 5.63. The lowest BCUT2D eigenvalue weighted by molar-refractivity contribution is -0.137. The Morgan fingerprint density at radius 2 is 1.79 bits per heavy atom. The second-order valence-corrected chi connectivity index (χ2v) is 10.7. The van der Waals surface area contributed by atoms with Gasteiger partial charge >= 0.3 is 12.8 Å². The molecule has 0 fully saturated rings. The first-order valence-corrected chi connectivity index (χ1v) is 13.0. The minimum atomic E-state index is -4.75. The number of alkyl halides is 5. The SMILES string of the molecule is CCC(C)C1CN(S(=O)(=O)c2cccc(C(F)(F)F)c2)c2cc(-c3cc(F)cc(OC(F)F)c3)ccc2O1. The van der Waals surface area contributed by atoms with Gasteiger partial charge in [0.15, 0.2) is 0 Å². The van der Waals surface area contributed by atoms with E-state index in [1.165, 1.54) is 18.2 Å². The molecule has 12 heteroatoms. The molecule has 0 bridgehead atoms. The Hall–Kier alpha value is -3.41. The highest BCUT2D eigenvalue weighted by Gasteiger charge is 2.38. The van der Waals surface area contributed by atoms with Crippen LogP contribution in [0.25, 0.3) is 11.1 Å². The summed E-state index contributed by atoms with van der Waals surface area (Å²) in [5.74, 6) is -1.24. The Bertz CT molecular complexity index is 1430. The van der Waals surface area contributed by atoms with E-state index in [4.69, 9.17) is 4.74 Å². The Morgan fingerprint density at radius 1 is 1.05 bits per heavy atom. The second-order valence-electron chi connectivity index (χ2n) is 8.84. The molecule has 5 nitrogen and oxygen atoms in total. The van der Waals surface area contributed by atoms with Gasteiger partial charge in [0.2, 0.25) is 0 Å². The molecule has 3 aromatic carbocycles. The maximum atomic E-state index is 14.2. The summed E-state index contributed by atoms with van der Waals surface area (Å²) in [6.45, 7) is 0.372. The van der Waals surface area contributed by atoms with E-state index < -0.39 is 50.9 Å². The average molecular weight is 560 g/mol. The Balaban J connectivity index is 1.84. The molecule has 1 aliphatic heterocycles. The number of halogens is 6. The van der Waals surface area contributed by atoms with E-state index in [0.717, 1.165) is 40.7 Å². The summed E-state index contributed by atoms with van der Waals surface area (Å²) in [4.78, 5) is -0.563. The van der Waals surface area contributed by atoms with Crippen molar-refractivity contribution in [2.45, 2.75) is 44.1 Å². The Kier molecular flexibility index (Phi) is 7.55. The predicted molar refractivity (Wildman–Crippen MR) is 128 cm³/mol. The van der Waals surface area contributed by atoms with Crippen LogP contribution in [0.4, 0.5) is 32.0 Å². The van der Waals surface area contributed by atoms with E-state index in [1.807, 2.05) is 13.8 Å². The lowest BCUT2D eigenvalue weighted by atomic mass is 9.99. The van der Waals surface area contributed by atoms with E-state index in [-0.39, 0.29) is 35.0 Å². The fourth-order valence-electron chi connectivity index (χ4n) is 4.10. The van der Waals surface area contributed by atoms with Crippen molar-refractivity contribution >= 4 is 15.7 Å². The van der Waals surface area contributed by atoms with Crippen LogP contribution in [0.1, 0.15) is 25.8 Å². The molecule has 0 amide bonds. The largest absolute Gasteiger partial charge is 0.486 e. The number of sulfonamides is 1. The predicted octanol–water partition coefficient (Wildman–Crippen LogP) is 7.12. The van der Waals surface area contributed by atoms with Crippen molar-refractivity contribution in [3.05, 3.63) is 72.0 Å². The molecule has 1 aliphatic rings. The molecule has 2 unspecified atom stereocenters. The lowest BCUT2D eigenvalue weighted by Gasteiger charge is -2.38. The highest BCUT2D eigenvalue weighted by molar-refractivity contribution is 7.92. The standard InChI is InChI=1S/C26H23F6NO4S/c1-3-15(2)24-14-33(38(34,35)21-6-4-5-18(12-21)26(30,31)32)22-11-16(7-8-23(22)37-24)17-9-19(27)13-20(10-17)36-25(28)29/h4-13,15,24-25H,3,14H2,1-2H3. The second kappa shape index (κ2) is 10.4. The van der Waals surface area contributed by atoms with Gasteiger partial charge in [0, 0.05) is 6.07 Å². The summed E-state index contributed by atoms with van der Waals surface area (Å²) in [7, 11) is -4.51. The number of nitrogens with zero attached hydrogens (tertiary/aromatic N) is 1. The number of benzene rings is 3. The lowest BCUT2D eigenvalue weighted by Crippen LogP contribution is -2.46. The van der Waals surface area contributed by atoms with Gasteiger partial charge < -0.3 is 9.47 Å². The quantitative estimate of drug-likeness (QED) is 0.290. The molecule has 2 atom stereocenters. The summed E-state index contributed by atoms with van der Waals surface area (Å²) in [5.41, 5.74) is -0.744. The topological polar surface area (TPSA) is 55.8 Å². The molecule has 0 spiro atoms. The Labute approximate surface area is 215 Å². The van der Waals surface area contributed by atoms with Crippen LogP contribution in [0.5, 0.6) is 11.5 Å². The van der Waals surface area contributed by atoms with Crippen LogP contribution < -0.4 is 13.8 Å². The van der Waals surface area contributed by atoms with E-state index in [0.29, 0.717) is 12.5 Å². The average Bonchev–Trinajstić information content (AvgIpc) is 2.86. The maximum Gasteiger partial charge on any atom is 0.416 e. The summed E-state index contributed by atoms with van der Waals surface area (Å²) >= 11 is 0. The first kappa shape index (κ1) is 27.6. The number of anilines is 1. The molecule has 0 N–H and O–H groups in total. The van der Waals surface area contributed by atoms with Crippen molar-refractivity contribution in [1.82, 2.24) is 0 Å². The molecule has 204 valence electrons. The van der Waals surface area contributed by atoms with Crippen LogP contribution in [0.15, 0.2) is 65.6 Å². The van der Waals surface area contributed by atoms with Gasteiger partial charge in [-0.3, -0.25) is 4.31 Å². The molecule has 4 rings (SSSR count). The smallest absolute Gasteiger partial charge is 0.416 e. The summed E-state index contributed by atoms with van der Waals surface area (Å²) in [6.07, 6.45) is -4.71. The van der Waals surface area contributed by atoms with Gasteiger partial charge in [0.05, 0.1) is 22.7 Å². The zero-order chi connectivity index (χ0) is 27.8. The van der Waals surface area contributed by atoms with Gasteiger partial charge in [-0.2, -0.15) is 22.0 Å². The molecule has 38 heavy (non-hydrogen) atoms. The van der Waals surface area contributed by atoms with Crippen LogP contribution >= 0.6 is 0 Å². The molecule has 0 radical (unpaired) electrons. The van der Waals surface area contributed by atoms with Crippen LogP contribution in [0.3, 0.4) is 0 Å². The normalized spacial score (nSPS) is 16.7. The van der Waals surface area contributed by atoms with E-state index in [9.17, 15) is 34.8 Å². The van der Waals surface area contributed by atoms with Crippen molar-refractivity contribution in [3.63, 3.8) is 0 Å². The Morgan fingerprint density at radius 3 is 2.45 bits per heavy atom. The zero-order valence-electron chi connectivity index (χ0n) is 20.2. The molecular weight excluding hydrogens is 536 g/mol. The van der Waals surface area contributed by atoms with Crippen molar-refractivity contribution in [2.75, 3.05) is 10.8 Å². The van der Waals surface area contributed by atoms with Gasteiger partial charge in [-0.1, -0.05) is 26.0 Å². The number of rotatable bonds is 7. The van der Waals surface area contributed by atoms with Gasteiger partial charge in [0.1, 0.15) is 23.4 Å². The molecule has 3 aromatic rings. The van der Waals surface area contributed by atoms with Crippen LogP contribution in [0.2, 0.25) is 0 Å². The third kappa shape index (κ3) is 5.69. The number of fused-ring (bicyclic) bond motifs is 1. The summed E-state index contributed by atoms with van der Waals surface area (Å²) in [6, 6.07) is 10.7. The van der Waals surface area contributed by atoms with Crippen LogP contribution in [-0.4, -0.2) is 27.7 Å². The highest BCUT2D eigenvalue weighted by Crippen LogP contribution is 2.42. The fraction of sp³-hybridized carbons (Fsp3) is 0.308. The van der Waals surface area contributed by atoms with Crippen molar-refractivity contribution in [1.29, 1.82) is 0 Å². The van der Waals surface area contributed by atoms with Crippen molar-refractivity contribution in [3.8, 4) is 22.6 Å². The molecule has 1 heterocycles. The summed E-state index contributed by atoms with van der Waals surface area (Å²) < 4.78 is 118. The van der Waals surface area contributed by atoms with Gasteiger partial charge in [-0.05, 0) is 65.9 Å². The van der Waals surface area contributed by atoms with E-state index in [2.05, 4.69) is 4.74 Å². The number of hydrogen-bond donors (Lipinski definition) is 0. The third-order valence-corrected chi connectivity index (χ3v) is 8.09. The van der Waals surface area contributed by atoms with Crippen molar-refractivity contribution < 1.29 is 44.2 Å². The van der Waals surface area contributed by atoms with E-state index in [1.54, 1.807) is 0 Å². The van der Waals surface area contributed by atoms with E-state index >= 15 is 0 Å². The molecule has 0 aliphatic carbocycles.